The average Bonchev–Trinajstić information content (AvgIpc) is 2.71. The maximum absolute atomic E-state index is 13.3. The molecule has 19 heavy (non-hydrogen) atoms. The largest absolute Gasteiger partial charge is 0.379 e. The quantitative estimate of drug-likeness (QED) is 0.939. The Morgan fingerprint density at radius 2 is 2.16 bits per heavy atom. The summed E-state index contributed by atoms with van der Waals surface area (Å²) >= 11 is 3.38. The van der Waals surface area contributed by atoms with Gasteiger partial charge in [-0.1, -0.05) is 6.92 Å². The van der Waals surface area contributed by atoms with Gasteiger partial charge in [0.25, 0.3) is 0 Å². The van der Waals surface area contributed by atoms with Gasteiger partial charge in [0, 0.05) is 18.3 Å². The molecule has 1 atom stereocenters. The van der Waals surface area contributed by atoms with Crippen LogP contribution in [0, 0.1) is 5.82 Å². The molecule has 102 valence electrons. The molecule has 0 aliphatic rings. The summed E-state index contributed by atoms with van der Waals surface area (Å²) in [6.07, 6.45) is 5.08. The normalized spacial score (nSPS) is 14.4. The molecular formula is C13H15BrFN3O. The highest BCUT2D eigenvalue weighted by Gasteiger charge is 2.32. The molecule has 0 saturated heterocycles. The van der Waals surface area contributed by atoms with E-state index < -0.39 is 11.4 Å². The van der Waals surface area contributed by atoms with Crippen molar-refractivity contribution >= 4 is 15.9 Å². The van der Waals surface area contributed by atoms with E-state index in [1.165, 1.54) is 12.3 Å². The van der Waals surface area contributed by atoms with Crippen molar-refractivity contribution in [2.45, 2.75) is 32.4 Å². The van der Waals surface area contributed by atoms with Crippen LogP contribution in [0.5, 0.6) is 0 Å². The number of halogens is 2. The van der Waals surface area contributed by atoms with Crippen LogP contribution < -0.4 is 0 Å². The van der Waals surface area contributed by atoms with Crippen LogP contribution in [0.2, 0.25) is 0 Å². The van der Waals surface area contributed by atoms with Crippen molar-refractivity contribution in [1.82, 2.24) is 14.8 Å². The summed E-state index contributed by atoms with van der Waals surface area (Å²) in [5.41, 5.74) is -0.368. The van der Waals surface area contributed by atoms with Crippen LogP contribution >= 0.6 is 15.9 Å². The molecular weight excluding hydrogens is 313 g/mol. The van der Waals surface area contributed by atoms with Gasteiger partial charge in [0.15, 0.2) is 0 Å². The van der Waals surface area contributed by atoms with Crippen molar-refractivity contribution in [1.29, 1.82) is 0 Å². The summed E-state index contributed by atoms with van der Waals surface area (Å²) < 4.78 is 15.7. The zero-order valence-corrected chi connectivity index (χ0v) is 12.4. The molecule has 1 unspecified atom stereocenters. The summed E-state index contributed by atoms with van der Waals surface area (Å²) in [6.45, 7) is 4.31. The predicted molar refractivity (Wildman–Crippen MR) is 73.1 cm³/mol. The van der Waals surface area contributed by atoms with Gasteiger partial charge in [-0.2, -0.15) is 5.10 Å². The molecule has 0 saturated carbocycles. The molecule has 0 radical (unpaired) electrons. The third-order valence-electron chi connectivity index (χ3n) is 2.96. The highest BCUT2D eigenvalue weighted by atomic mass is 79.9. The zero-order chi connectivity index (χ0) is 14.0. The first-order chi connectivity index (χ1) is 8.96. The average molecular weight is 328 g/mol. The summed E-state index contributed by atoms with van der Waals surface area (Å²) in [7, 11) is 0. The number of aromatic nitrogens is 3. The summed E-state index contributed by atoms with van der Waals surface area (Å²) in [6, 6.07) is 1.28. The van der Waals surface area contributed by atoms with E-state index >= 15 is 0 Å². The standard InChI is InChI=1S/C13H15BrFN3O/c1-3-4-18-12(11(14)8-17-18)13(2,19)9-5-10(15)7-16-6-9/h5-8,19H,3-4H2,1-2H3. The highest BCUT2D eigenvalue weighted by Crippen LogP contribution is 2.34. The Balaban J connectivity index is 2.52. The van der Waals surface area contributed by atoms with Crippen molar-refractivity contribution < 1.29 is 9.50 Å². The van der Waals surface area contributed by atoms with E-state index in [9.17, 15) is 9.50 Å². The molecule has 1 N–H and O–H groups in total. The highest BCUT2D eigenvalue weighted by molar-refractivity contribution is 9.10. The first-order valence-electron chi connectivity index (χ1n) is 6.02. The second-order valence-corrected chi connectivity index (χ2v) is 5.38. The van der Waals surface area contributed by atoms with Crippen LogP contribution in [0.3, 0.4) is 0 Å². The minimum Gasteiger partial charge on any atom is -0.379 e. The number of aliphatic hydroxyl groups is 1. The van der Waals surface area contributed by atoms with Gasteiger partial charge in [0.1, 0.15) is 11.4 Å². The smallest absolute Gasteiger partial charge is 0.141 e. The fourth-order valence-corrected chi connectivity index (χ4v) is 2.72. The molecule has 2 heterocycles. The van der Waals surface area contributed by atoms with Crippen molar-refractivity contribution in [2.24, 2.45) is 0 Å². The number of hydrogen-bond acceptors (Lipinski definition) is 3. The van der Waals surface area contributed by atoms with E-state index in [4.69, 9.17) is 0 Å². The number of pyridine rings is 1. The first kappa shape index (κ1) is 14.1. The van der Waals surface area contributed by atoms with Crippen LogP contribution in [0.4, 0.5) is 4.39 Å². The molecule has 2 aromatic heterocycles. The minimum absolute atomic E-state index is 0.394. The third-order valence-corrected chi connectivity index (χ3v) is 3.54. The van der Waals surface area contributed by atoms with Crippen molar-refractivity contribution in [3.8, 4) is 0 Å². The molecule has 0 aliphatic carbocycles. The molecule has 0 aliphatic heterocycles. The van der Waals surface area contributed by atoms with Gasteiger partial charge in [-0.3, -0.25) is 9.67 Å². The van der Waals surface area contributed by atoms with Crippen molar-refractivity contribution in [3.05, 3.63) is 46.2 Å². The Kier molecular flexibility index (Phi) is 4.01. The van der Waals surface area contributed by atoms with Gasteiger partial charge in [-0.25, -0.2) is 4.39 Å². The second kappa shape index (κ2) is 5.38. The summed E-state index contributed by atoms with van der Waals surface area (Å²) in [4.78, 5) is 3.79. The van der Waals surface area contributed by atoms with E-state index in [-0.39, 0.29) is 0 Å². The third kappa shape index (κ3) is 2.69. The molecule has 0 spiro atoms. The summed E-state index contributed by atoms with van der Waals surface area (Å²) in [5, 5.41) is 15.0. The van der Waals surface area contributed by atoms with E-state index in [0.29, 0.717) is 22.3 Å². The molecule has 2 rings (SSSR count). The number of nitrogens with zero attached hydrogens (tertiary/aromatic N) is 3. The lowest BCUT2D eigenvalue weighted by atomic mass is 9.93. The Morgan fingerprint density at radius 1 is 1.42 bits per heavy atom. The monoisotopic (exact) mass is 327 g/mol. The van der Waals surface area contributed by atoms with Gasteiger partial charge in [0.2, 0.25) is 0 Å². The minimum atomic E-state index is -1.36. The Labute approximate surface area is 119 Å². The lowest BCUT2D eigenvalue weighted by Gasteiger charge is -2.25. The Hall–Kier alpha value is -1.27. The fourth-order valence-electron chi connectivity index (χ4n) is 2.04. The topological polar surface area (TPSA) is 50.9 Å². The fraction of sp³-hybridized carbons (Fsp3) is 0.385. The van der Waals surface area contributed by atoms with E-state index in [1.54, 1.807) is 17.8 Å². The molecule has 6 heteroatoms. The zero-order valence-electron chi connectivity index (χ0n) is 10.8. The van der Waals surface area contributed by atoms with Crippen LogP contribution in [0.1, 0.15) is 31.5 Å². The molecule has 0 bridgehead atoms. The molecule has 0 amide bonds. The van der Waals surface area contributed by atoms with Crippen LogP contribution in [0.15, 0.2) is 29.1 Å². The lowest BCUT2D eigenvalue weighted by molar-refractivity contribution is 0.0898. The molecule has 4 nitrogen and oxygen atoms in total. The Bertz CT molecular complexity index is 583. The van der Waals surface area contributed by atoms with Crippen molar-refractivity contribution in [3.63, 3.8) is 0 Å². The number of aryl methyl sites for hydroxylation is 1. The number of hydrogen-bond donors (Lipinski definition) is 1. The predicted octanol–water partition coefficient (Wildman–Crippen LogP) is 2.85. The summed E-state index contributed by atoms with van der Waals surface area (Å²) in [5.74, 6) is -0.476. The van der Waals surface area contributed by atoms with Gasteiger partial charge >= 0.3 is 0 Å². The molecule has 0 fully saturated rings. The van der Waals surface area contributed by atoms with E-state index in [1.807, 2.05) is 6.92 Å². The van der Waals surface area contributed by atoms with Crippen molar-refractivity contribution in [2.75, 3.05) is 0 Å². The van der Waals surface area contributed by atoms with Crippen LogP contribution in [-0.4, -0.2) is 19.9 Å². The van der Waals surface area contributed by atoms with Gasteiger partial charge in [0.05, 0.1) is 22.6 Å². The van der Waals surface area contributed by atoms with E-state index in [2.05, 4.69) is 26.0 Å². The molecule has 0 aromatic carbocycles. The van der Waals surface area contributed by atoms with Crippen LogP contribution in [0.25, 0.3) is 0 Å². The Morgan fingerprint density at radius 3 is 2.79 bits per heavy atom. The SMILES string of the molecule is CCCn1ncc(Br)c1C(C)(O)c1cncc(F)c1. The second-order valence-electron chi connectivity index (χ2n) is 4.53. The van der Waals surface area contributed by atoms with E-state index in [0.717, 1.165) is 12.6 Å². The van der Waals surface area contributed by atoms with Gasteiger partial charge < -0.3 is 5.11 Å². The first-order valence-corrected chi connectivity index (χ1v) is 6.81. The van der Waals surface area contributed by atoms with Crippen LogP contribution in [-0.2, 0) is 12.1 Å². The maximum Gasteiger partial charge on any atom is 0.141 e. The van der Waals surface area contributed by atoms with Gasteiger partial charge in [-0.15, -0.1) is 0 Å². The van der Waals surface area contributed by atoms with Gasteiger partial charge in [-0.05, 0) is 35.3 Å². The number of rotatable bonds is 4. The maximum atomic E-state index is 13.3. The lowest BCUT2D eigenvalue weighted by Crippen LogP contribution is -2.28. The molecule has 2 aromatic rings.